The summed E-state index contributed by atoms with van der Waals surface area (Å²) in [7, 11) is 2.19. The molecule has 4 rings (SSSR count). The van der Waals surface area contributed by atoms with E-state index in [1.54, 1.807) is 0 Å². The molecule has 0 atom stereocenters. The molecular weight excluding hydrogens is 336 g/mol. The van der Waals surface area contributed by atoms with Crippen molar-refractivity contribution in [3.63, 3.8) is 0 Å². The van der Waals surface area contributed by atoms with Gasteiger partial charge >= 0.3 is 0 Å². The number of hydrogen-bond donors (Lipinski definition) is 0. The molecule has 0 bridgehead atoms. The van der Waals surface area contributed by atoms with Crippen LogP contribution in [0.15, 0.2) is 42.6 Å². The SMILES string of the molecule is Cc1cc(-n2nc(C)nc2-c2ccc(CN3CCN(C)CC3)cc2)ccn1. The molecular formula is C21H26N6. The fourth-order valence-corrected chi connectivity index (χ4v) is 3.47. The Morgan fingerprint density at radius 2 is 1.70 bits per heavy atom. The lowest BCUT2D eigenvalue weighted by Crippen LogP contribution is -2.43. The Hall–Kier alpha value is -2.57. The Morgan fingerprint density at radius 3 is 2.41 bits per heavy atom. The van der Waals surface area contributed by atoms with Crippen molar-refractivity contribution in [2.24, 2.45) is 0 Å². The van der Waals surface area contributed by atoms with Crippen molar-refractivity contribution in [3.8, 4) is 17.1 Å². The predicted molar refractivity (Wildman–Crippen MR) is 107 cm³/mol. The van der Waals surface area contributed by atoms with E-state index < -0.39 is 0 Å². The van der Waals surface area contributed by atoms with Gasteiger partial charge in [-0.3, -0.25) is 9.88 Å². The van der Waals surface area contributed by atoms with Gasteiger partial charge in [-0.15, -0.1) is 0 Å². The van der Waals surface area contributed by atoms with Crippen LogP contribution in [0.2, 0.25) is 0 Å². The highest BCUT2D eigenvalue weighted by molar-refractivity contribution is 5.58. The summed E-state index contributed by atoms with van der Waals surface area (Å²) in [5, 5.41) is 4.59. The maximum atomic E-state index is 4.66. The first-order valence-corrected chi connectivity index (χ1v) is 9.45. The van der Waals surface area contributed by atoms with E-state index in [-0.39, 0.29) is 0 Å². The first kappa shape index (κ1) is 17.8. The molecule has 0 amide bonds. The van der Waals surface area contributed by atoms with Crippen LogP contribution in [0.4, 0.5) is 0 Å². The highest BCUT2D eigenvalue weighted by Crippen LogP contribution is 2.22. The first-order valence-electron chi connectivity index (χ1n) is 9.45. The smallest absolute Gasteiger partial charge is 0.163 e. The maximum Gasteiger partial charge on any atom is 0.163 e. The van der Waals surface area contributed by atoms with E-state index in [1.807, 2.05) is 36.9 Å². The predicted octanol–water partition coefficient (Wildman–Crippen LogP) is 2.69. The number of hydrogen-bond acceptors (Lipinski definition) is 5. The third kappa shape index (κ3) is 4.07. The Kier molecular flexibility index (Phi) is 5.01. The second-order valence-electron chi connectivity index (χ2n) is 7.33. The van der Waals surface area contributed by atoms with Gasteiger partial charge in [-0.25, -0.2) is 9.67 Å². The number of nitrogens with zero attached hydrogens (tertiary/aromatic N) is 6. The van der Waals surface area contributed by atoms with E-state index in [0.29, 0.717) is 0 Å². The van der Waals surface area contributed by atoms with E-state index in [9.17, 15) is 0 Å². The van der Waals surface area contributed by atoms with Gasteiger partial charge in [-0.1, -0.05) is 24.3 Å². The van der Waals surface area contributed by atoms with Gasteiger partial charge in [-0.2, -0.15) is 5.10 Å². The minimum Gasteiger partial charge on any atom is -0.304 e. The number of rotatable bonds is 4. The Balaban J connectivity index is 1.56. The Bertz CT molecular complexity index is 907. The summed E-state index contributed by atoms with van der Waals surface area (Å²) in [6.45, 7) is 9.47. The van der Waals surface area contributed by atoms with E-state index in [4.69, 9.17) is 0 Å². The lowest BCUT2D eigenvalue weighted by Gasteiger charge is -2.32. The molecule has 0 radical (unpaired) electrons. The molecule has 0 saturated carbocycles. The molecule has 27 heavy (non-hydrogen) atoms. The molecule has 0 aliphatic carbocycles. The minimum atomic E-state index is 0.765. The highest BCUT2D eigenvalue weighted by atomic mass is 15.3. The van der Waals surface area contributed by atoms with Crippen molar-refractivity contribution < 1.29 is 0 Å². The highest BCUT2D eigenvalue weighted by Gasteiger charge is 2.15. The number of aryl methyl sites for hydroxylation is 2. The zero-order valence-electron chi connectivity index (χ0n) is 16.3. The molecule has 1 aliphatic rings. The number of piperazine rings is 1. The van der Waals surface area contributed by atoms with Gasteiger partial charge in [0.25, 0.3) is 0 Å². The summed E-state index contributed by atoms with van der Waals surface area (Å²) >= 11 is 0. The van der Waals surface area contributed by atoms with Crippen LogP contribution in [0.1, 0.15) is 17.1 Å². The van der Waals surface area contributed by atoms with Crippen LogP contribution in [-0.2, 0) is 6.54 Å². The van der Waals surface area contributed by atoms with Gasteiger partial charge in [0.05, 0.1) is 5.69 Å². The normalized spacial score (nSPS) is 16.0. The summed E-state index contributed by atoms with van der Waals surface area (Å²) in [5.74, 6) is 1.63. The van der Waals surface area contributed by atoms with Crippen LogP contribution in [0.5, 0.6) is 0 Å². The van der Waals surface area contributed by atoms with Crippen LogP contribution in [0, 0.1) is 13.8 Å². The van der Waals surface area contributed by atoms with Crippen molar-refractivity contribution in [2.75, 3.05) is 33.2 Å². The van der Waals surface area contributed by atoms with Gasteiger partial charge < -0.3 is 4.90 Å². The van der Waals surface area contributed by atoms with Crippen molar-refractivity contribution in [1.29, 1.82) is 0 Å². The zero-order chi connectivity index (χ0) is 18.8. The molecule has 6 nitrogen and oxygen atoms in total. The van der Waals surface area contributed by atoms with Crippen LogP contribution >= 0.6 is 0 Å². The lowest BCUT2D eigenvalue weighted by atomic mass is 10.1. The molecule has 3 heterocycles. The second-order valence-corrected chi connectivity index (χ2v) is 7.33. The molecule has 0 N–H and O–H groups in total. The van der Waals surface area contributed by atoms with E-state index in [1.165, 1.54) is 5.56 Å². The Labute approximate surface area is 160 Å². The van der Waals surface area contributed by atoms with Crippen LogP contribution < -0.4 is 0 Å². The van der Waals surface area contributed by atoms with Gasteiger partial charge in [0, 0.05) is 50.2 Å². The molecule has 0 spiro atoms. The van der Waals surface area contributed by atoms with Gasteiger partial charge in [-0.05, 0) is 38.6 Å². The molecule has 0 unspecified atom stereocenters. The standard InChI is InChI=1S/C21H26N6/c1-16-14-20(8-9-22-16)27-21(23-17(2)24-27)19-6-4-18(5-7-19)15-26-12-10-25(3)11-13-26/h4-9,14H,10-13,15H2,1-3H3. The van der Waals surface area contributed by atoms with Crippen molar-refractivity contribution in [1.82, 2.24) is 29.5 Å². The quantitative estimate of drug-likeness (QED) is 0.714. The average Bonchev–Trinajstić information content (AvgIpc) is 3.06. The van der Waals surface area contributed by atoms with Gasteiger partial charge in [0.2, 0.25) is 0 Å². The minimum absolute atomic E-state index is 0.765. The molecule has 1 saturated heterocycles. The summed E-state index contributed by atoms with van der Waals surface area (Å²) in [4.78, 5) is 13.8. The van der Waals surface area contributed by atoms with Gasteiger partial charge in [0.1, 0.15) is 5.82 Å². The fraction of sp³-hybridized carbons (Fsp3) is 0.381. The molecule has 140 valence electrons. The number of pyridine rings is 1. The van der Waals surface area contributed by atoms with Crippen molar-refractivity contribution in [2.45, 2.75) is 20.4 Å². The maximum absolute atomic E-state index is 4.66. The molecule has 6 heteroatoms. The molecule has 1 aliphatic heterocycles. The average molecular weight is 362 g/mol. The number of likely N-dealkylation sites (N-methyl/N-ethyl adjacent to an activating group) is 1. The van der Waals surface area contributed by atoms with Crippen molar-refractivity contribution in [3.05, 3.63) is 59.7 Å². The summed E-state index contributed by atoms with van der Waals surface area (Å²) in [5.41, 5.74) is 4.37. The zero-order valence-corrected chi connectivity index (χ0v) is 16.3. The van der Waals surface area contributed by atoms with Crippen LogP contribution in [0.3, 0.4) is 0 Å². The monoisotopic (exact) mass is 362 g/mol. The molecule has 3 aromatic rings. The number of aromatic nitrogens is 4. The van der Waals surface area contributed by atoms with E-state index >= 15 is 0 Å². The summed E-state index contributed by atoms with van der Waals surface area (Å²) in [6, 6.07) is 12.7. The lowest BCUT2D eigenvalue weighted by molar-refractivity contribution is 0.148. The largest absolute Gasteiger partial charge is 0.304 e. The summed E-state index contributed by atoms with van der Waals surface area (Å²) in [6.07, 6.45) is 1.81. The summed E-state index contributed by atoms with van der Waals surface area (Å²) < 4.78 is 1.90. The Morgan fingerprint density at radius 1 is 0.963 bits per heavy atom. The first-order chi connectivity index (χ1) is 13.1. The van der Waals surface area contributed by atoms with Crippen LogP contribution in [0.25, 0.3) is 17.1 Å². The van der Waals surface area contributed by atoms with Crippen molar-refractivity contribution >= 4 is 0 Å². The third-order valence-corrected chi connectivity index (χ3v) is 5.05. The topological polar surface area (TPSA) is 50.1 Å². The van der Waals surface area contributed by atoms with E-state index in [0.717, 1.165) is 61.3 Å². The fourth-order valence-electron chi connectivity index (χ4n) is 3.47. The second kappa shape index (κ2) is 7.58. The van der Waals surface area contributed by atoms with Gasteiger partial charge in [0.15, 0.2) is 5.82 Å². The van der Waals surface area contributed by atoms with E-state index in [2.05, 4.69) is 56.2 Å². The molecule has 1 fully saturated rings. The number of benzene rings is 1. The van der Waals surface area contributed by atoms with Crippen LogP contribution in [-0.4, -0.2) is 62.8 Å². The molecule has 2 aromatic heterocycles. The third-order valence-electron chi connectivity index (χ3n) is 5.05. The molecule has 1 aromatic carbocycles.